The lowest BCUT2D eigenvalue weighted by molar-refractivity contribution is -0.129. The fourth-order valence-corrected chi connectivity index (χ4v) is 3.45. The highest BCUT2D eigenvalue weighted by molar-refractivity contribution is 14.0. The second-order valence-electron chi connectivity index (χ2n) is 7.28. The Hall–Kier alpha value is -2.29. The van der Waals surface area contributed by atoms with Crippen LogP contribution in [0.2, 0.25) is 0 Å². The van der Waals surface area contributed by atoms with Crippen LogP contribution in [0, 0.1) is 6.92 Å². The number of nitrogens with one attached hydrogen (secondary N) is 2. The highest BCUT2D eigenvalue weighted by Crippen LogP contribution is 2.25. The molecule has 162 valence electrons. The number of rotatable bonds is 6. The van der Waals surface area contributed by atoms with Gasteiger partial charge < -0.3 is 20.3 Å². The standard InChI is InChI=1S/C23H30N4O2.HI/c1-4-22(28)27-13-12-19(16-27)26-23(24-3)25-15-18-9-5-6-11-21(18)29-20-10-7-8-17(2)14-20;/h5-11,14,19H,4,12-13,15-16H2,1-3H3,(H2,24,25,26);1H. The van der Waals surface area contributed by atoms with Crippen molar-refractivity contribution in [3.63, 3.8) is 0 Å². The van der Waals surface area contributed by atoms with Gasteiger partial charge in [-0.2, -0.15) is 0 Å². The molecule has 1 atom stereocenters. The van der Waals surface area contributed by atoms with Crippen molar-refractivity contribution in [3.8, 4) is 11.5 Å². The number of carbonyl (C=O) groups excluding carboxylic acids is 1. The van der Waals surface area contributed by atoms with Crippen LogP contribution in [-0.4, -0.2) is 42.9 Å². The third-order valence-corrected chi connectivity index (χ3v) is 5.04. The number of halogens is 1. The van der Waals surface area contributed by atoms with Gasteiger partial charge in [0.25, 0.3) is 0 Å². The Morgan fingerprint density at radius 3 is 2.77 bits per heavy atom. The molecule has 0 bridgehead atoms. The highest BCUT2D eigenvalue weighted by Gasteiger charge is 2.25. The molecule has 7 heteroatoms. The maximum absolute atomic E-state index is 11.9. The number of hydrogen-bond donors (Lipinski definition) is 2. The van der Waals surface area contributed by atoms with Gasteiger partial charge in [-0.15, -0.1) is 24.0 Å². The molecule has 1 saturated heterocycles. The van der Waals surface area contributed by atoms with E-state index < -0.39 is 0 Å². The van der Waals surface area contributed by atoms with Crippen LogP contribution in [0.3, 0.4) is 0 Å². The summed E-state index contributed by atoms with van der Waals surface area (Å²) < 4.78 is 6.10. The SMILES string of the molecule is CCC(=O)N1CCC(NC(=NC)NCc2ccccc2Oc2cccc(C)c2)C1.I. The van der Waals surface area contributed by atoms with Crippen molar-refractivity contribution in [2.75, 3.05) is 20.1 Å². The molecule has 2 aromatic rings. The minimum atomic E-state index is 0. The van der Waals surface area contributed by atoms with E-state index in [4.69, 9.17) is 4.74 Å². The van der Waals surface area contributed by atoms with Crippen LogP contribution in [0.5, 0.6) is 11.5 Å². The van der Waals surface area contributed by atoms with Crippen LogP contribution in [0.15, 0.2) is 53.5 Å². The monoisotopic (exact) mass is 522 g/mol. The van der Waals surface area contributed by atoms with E-state index in [0.717, 1.165) is 48.1 Å². The van der Waals surface area contributed by atoms with Crippen LogP contribution in [-0.2, 0) is 11.3 Å². The second-order valence-corrected chi connectivity index (χ2v) is 7.28. The lowest BCUT2D eigenvalue weighted by Gasteiger charge is -2.19. The summed E-state index contributed by atoms with van der Waals surface area (Å²) in [4.78, 5) is 18.1. The van der Waals surface area contributed by atoms with E-state index in [2.05, 4.69) is 15.6 Å². The molecule has 3 rings (SSSR count). The topological polar surface area (TPSA) is 66.0 Å². The number of aryl methyl sites for hydroxylation is 1. The number of hydrogen-bond acceptors (Lipinski definition) is 3. The van der Waals surface area contributed by atoms with Gasteiger partial charge in [0.2, 0.25) is 5.91 Å². The summed E-state index contributed by atoms with van der Waals surface area (Å²) in [6.07, 6.45) is 1.48. The van der Waals surface area contributed by atoms with Crippen molar-refractivity contribution < 1.29 is 9.53 Å². The number of carbonyl (C=O) groups is 1. The van der Waals surface area contributed by atoms with E-state index in [1.807, 2.05) is 67.3 Å². The van der Waals surface area contributed by atoms with Gasteiger partial charge in [-0.25, -0.2) is 0 Å². The normalized spacial score (nSPS) is 16.0. The van der Waals surface area contributed by atoms with Crippen molar-refractivity contribution in [2.24, 2.45) is 4.99 Å². The number of ether oxygens (including phenoxy) is 1. The summed E-state index contributed by atoms with van der Waals surface area (Å²) in [5, 5.41) is 6.79. The summed E-state index contributed by atoms with van der Waals surface area (Å²) in [5.74, 6) is 2.58. The van der Waals surface area contributed by atoms with E-state index in [0.29, 0.717) is 13.0 Å². The average Bonchev–Trinajstić information content (AvgIpc) is 3.20. The molecular weight excluding hydrogens is 491 g/mol. The third-order valence-electron chi connectivity index (χ3n) is 5.04. The molecule has 1 heterocycles. The predicted molar refractivity (Wildman–Crippen MR) is 132 cm³/mol. The van der Waals surface area contributed by atoms with E-state index >= 15 is 0 Å². The van der Waals surface area contributed by atoms with Crippen LogP contribution in [0.4, 0.5) is 0 Å². The first-order valence-corrected chi connectivity index (χ1v) is 10.2. The maximum Gasteiger partial charge on any atom is 0.222 e. The molecule has 1 aliphatic heterocycles. The van der Waals surface area contributed by atoms with Crippen LogP contribution in [0.25, 0.3) is 0 Å². The van der Waals surface area contributed by atoms with Crippen LogP contribution in [0.1, 0.15) is 30.9 Å². The largest absolute Gasteiger partial charge is 0.457 e. The quantitative estimate of drug-likeness (QED) is 0.341. The smallest absolute Gasteiger partial charge is 0.222 e. The fourth-order valence-electron chi connectivity index (χ4n) is 3.45. The minimum absolute atomic E-state index is 0. The Balaban J connectivity index is 0.00000320. The zero-order valence-electron chi connectivity index (χ0n) is 17.9. The highest BCUT2D eigenvalue weighted by atomic mass is 127. The first-order valence-electron chi connectivity index (χ1n) is 10.2. The molecule has 0 radical (unpaired) electrons. The zero-order valence-corrected chi connectivity index (χ0v) is 20.2. The molecule has 1 fully saturated rings. The Labute approximate surface area is 196 Å². The number of amides is 1. The van der Waals surface area contributed by atoms with Gasteiger partial charge in [0, 0.05) is 44.7 Å². The zero-order chi connectivity index (χ0) is 20.6. The van der Waals surface area contributed by atoms with Crippen molar-refractivity contribution in [1.82, 2.24) is 15.5 Å². The first kappa shape index (κ1) is 24.0. The lowest BCUT2D eigenvalue weighted by Crippen LogP contribution is -2.44. The number of nitrogens with zero attached hydrogens (tertiary/aromatic N) is 2. The molecule has 1 amide bonds. The first-order chi connectivity index (χ1) is 14.1. The average molecular weight is 522 g/mol. The van der Waals surface area contributed by atoms with Gasteiger partial charge >= 0.3 is 0 Å². The molecule has 0 spiro atoms. The number of guanidine groups is 1. The molecule has 0 aromatic heterocycles. The second kappa shape index (κ2) is 11.8. The molecule has 6 nitrogen and oxygen atoms in total. The van der Waals surface area contributed by atoms with E-state index in [9.17, 15) is 4.79 Å². The molecule has 0 saturated carbocycles. The number of benzene rings is 2. The van der Waals surface area contributed by atoms with Crippen molar-refractivity contribution in [3.05, 3.63) is 59.7 Å². The summed E-state index contributed by atoms with van der Waals surface area (Å²) in [6.45, 7) is 6.06. The molecule has 1 aliphatic rings. The van der Waals surface area contributed by atoms with Crippen LogP contribution < -0.4 is 15.4 Å². The Kier molecular flexibility index (Phi) is 9.42. The fraction of sp³-hybridized carbons (Fsp3) is 0.391. The van der Waals surface area contributed by atoms with Gasteiger partial charge in [-0.05, 0) is 37.1 Å². The van der Waals surface area contributed by atoms with Gasteiger partial charge in [0.1, 0.15) is 11.5 Å². The minimum Gasteiger partial charge on any atom is -0.457 e. The van der Waals surface area contributed by atoms with Gasteiger partial charge in [0.15, 0.2) is 5.96 Å². The van der Waals surface area contributed by atoms with Crippen LogP contribution >= 0.6 is 24.0 Å². The molecule has 30 heavy (non-hydrogen) atoms. The molecular formula is C23H31IN4O2. The summed E-state index contributed by atoms with van der Waals surface area (Å²) in [7, 11) is 1.76. The number of para-hydroxylation sites is 1. The maximum atomic E-state index is 11.9. The van der Waals surface area contributed by atoms with Gasteiger partial charge in [-0.3, -0.25) is 9.79 Å². The van der Waals surface area contributed by atoms with E-state index in [-0.39, 0.29) is 35.9 Å². The van der Waals surface area contributed by atoms with Crippen molar-refractivity contribution in [1.29, 1.82) is 0 Å². The molecule has 0 aliphatic carbocycles. The Morgan fingerprint density at radius 1 is 1.23 bits per heavy atom. The lowest BCUT2D eigenvalue weighted by atomic mass is 10.2. The number of aliphatic imine (C=N–C) groups is 1. The predicted octanol–water partition coefficient (Wildman–Crippen LogP) is 4.08. The Bertz CT molecular complexity index is 872. The van der Waals surface area contributed by atoms with Gasteiger partial charge in [0.05, 0.1) is 0 Å². The van der Waals surface area contributed by atoms with Crippen molar-refractivity contribution >= 4 is 35.8 Å². The summed E-state index contributed by atoms with van der Waals surface area (Å²) in [6, 6.07) is 16.2. The summed E-state index contributed by atoms with van der Waals surface area (Å²) >= 11 is 0. The van der Waals surface area contributed by atoms with E-state index in [1.165, 1.54) is 0 Å². The number of likely N-dealkylation sites (tertiary alicyclic amines) is 1. The molecule has 2 aromatic carbocycles. The molecule has 2 N–H and O–H groups in total. The van der Waals surface area contributed by atoms with Gasteiger partial charge in [-0.1, -0.05) is 37.3 Å². The van der Waals surface area contributed by atoms with E-state index in [1.54, 1.807) is 7.05 Å². The summed E-state index contributed by atoms with van der Waals surface area (Å²) in [5.41, 5.74) is 2.21. The Morgan fingerprint density at radius 2 is 2.03 bits per heavy atom. The third kappa shape index (κ3) is 6.62. The molecule has 1 unspecified atom stereocenters. The van der Waals surface area contributed by atoms with Crippen molar-refractivity contribution in [2.45, 2.75) is 39.3 Å².